The number of aliphatic hydroxyl groups excluding tert-OH is 1. The monoisotopic (exact) mass is 787 g/mol. The summed E-state index contributed by atoms with van der Waals surface area (Å²) in [5.74, 6) is -1.46. The van der Waals surface area contributed by atoms with Crippen LogP contribution in [-0.2, 0) is 34.2 Å². The summed E-state index contributed by atoms with van der Waals surface area (Å²) in [6, 6.07) is 39.9. The maximum Gasteiger partial charge on any atom is 0.251 e. The molecule has 4 N–H and O–H groups in total. The van der Waals surface area contributed by atoms with E-state index in [1.165, 1.54) is 25.2 Å². The second-order valence-electron chi connectivity index (χ2n) is 14.5. The molecule has 1 fully saturated rings. The van der Waals surface area contributed by atoms with Gasteiger partial charge in [0.15, 0.2) is 0 Å². The zero-order valence-electron chi connectivity index (χ0n) is 32.3. The molecular weight excluding hydrogens is 739 g/mol. The van der Waals surface area contributed by atoms with Crippen molar-refractivity contribution in [3.05, 3.63) is 173 Å². The summed E-state index contributed by atoms with van der Waals surface area (Å²) >= 11 is 0. The fourth-order valence-corrected chi connectivity index (χ4v) is 7.59. The number of piperazine rings is 1. The van der Waals surface area contributed by atoms with E-state index in [1.54, 1.807) is 4.90 Å². The molecule has 5 aromatic carbocycles. The van der Waals surface area contributed by atoms with Gasteiger partial charge in [-0.2, -0.15) is 0 Å². The number of nitrogens with zero attached hydrogens (tertiary/aromatic N) is 2. The van der Waals surface area contributed by atoms with E-state index in [9.17, 15) is 27.9 Å². The molecule has 57 heavy (non-hydrogen) atoms. The fraction of sp³-hybridized carbons (Fsp3) is 0.267. The number of anilines is 1. The molecule has 1 heterocycles. The number of benzene rings is 5. The first kappa shape index (κ1) is 40.8. The van der Waals surface area contributed by atoms with Crippen molar-refractivity contribution in [3.8, 4) is 0 Å². The van der Waals surface area contributed by atoms with E-state index in [1.807, 2.05) is 128 Å². The van der Waals surface area contributed by atoms with Gasteiger partial charge in [0.05, 0.1) is 30.1 Å². The normalized spacial score (nSPS) is 17.3. The molecule has 0 spiro atoms. The van der Waals surface area contributed by atoms with Crippen LogP contribution in [0, 0.1) is 0 Å². The molecule has 12 heteroatoms. The molecule has 6 rings (SSSR count). The fourth-order valence-electron chi connectivity index (χ4n) is 7.10. The first-order valence-corrected chi connectivity index (χ1v) is 20.8. The summed E-state index contributed by atoms with van der Waals surface area (Å²) in [6.45, 7) is 2.57. The number of aliphatic hydroxyl groups is 1. The van der Waals surface area contributed by atoms with E-state index in [-0.39, 0.29) is 41.2 Å². The van der Waals surface area contributed by atoms with Crippen LogP contribution in [0.3, 0.4) is 0 Å². The van der Waals surface area contributed by atoms with E-state index < -0.39 is 40.0 Å². The van der Waals surface area contributed by atoms with Crippen LogP contribution in [0.1, 0.15) is 55.9 Å². The average Bonchev–Trinajstić information content (AvgIpc) is 3.22. The highest BCUT2D eigenvalue weighted by atomic mass is 32.2. The van der Waals surface area contributed by atoms with Crippen molar-refractivity contribution in [2.45, 2.75) is 56.6 Å². The van der Waals surface area contributed by atoms with Gasteiger partial charge >= 0.3 is 0 Å². The van der Waals surface area contributed by atoms with E-state index in [4.69, 9.17) is 0 Å². The van der Waals surface area contributed by atoms with Gasteiger partial charge in [-0.25, -0.2) is 8.42 Å². The number of rotatable bonds is 15. The molecular formula is C45H49N5O6S. The van der Waals surface area contributed by atoms with Crippen LogP contribution in [0.15, 0.2) is 140 Å². The Morgan fingerprint density at radius 3 is 1.86 bits per heavy atom. The average molecular weight is 788 g/mol. The summed E-state index contributed by atoms with van der Waals surface area (Å²) in [6.07, 6.45) is 0.436. The number of carbonyl (C=O) groups is 3. The van der Waals surface area contributed by atoms with E-state index in [0.717, 1.165) is 32.8 Å². The summed E-state index contributed by atoms with van der Waals surface area (Å²) in [5, 5.41) is 21.3. The van der Waals surface area contributed by atoms with Gasteiger partial charge in [0, 0.05) is 37.3 Å². The molecule has 0 radical (unpaired) electrons. The number of sulfonamides is 1. The van der Waals surface area contributed by atoms with Crippen LogP contribution in [0.4, 0.5) is 5.69 Å². The molecule has 0 unspecified atom stereocenters. The van der Waals surface area contributed by atoms with E-state index >= 15 is 0 Å². The SMILES string of the molecule is C[C@@H](NC(=O)c1cc(C(=O)N[C@@H](Cc2ccccc2)[C@H](O)[C@@H]2NC[C@H](Cc3ccccc3)N(Cc3ccccc3)C2=O)cc(N(C)S(C)(=O)=O)c1)c1ccccc1. The largest absolute Gasteiger partial charge is 0.389 e. The van der Waals surface area contributed by atoms with Gasteiger partial charge in [-0.1, -0.05) is 121 Å². The van der Waals surface area contributed by atoms with Crippen molar-refractivity contribution in [2.24, 2.45) is 0 Å². The second-order valence-corrected chi connectivity index (χ2v) is 16.6. The molecule has 3 amide bonds. The summed E-state index contributed by atoms with van der Waals surface area (Å²) < 4.78 is 26.3. The van der Waals surface area contributed by atoms with Crippen molar-refractivity contribution < 1.29 is 27.9 Å². The Labute approximate surface area is 334 Å². The number of amides is 3. The third-order valence-corrected chi connectivity index (χ3v) is 11.6. The van der Waals surface area contributed by atoms with Gasteiger partial charge in [0.2, 0.25) is 15.9 Å². The van der Waals surface area contributed by atoms with Crippen LogP contribution in [0.5, 0.6) is 0 Å². The van der Waals surface area contributed by atoms with Gasteiger partial charge < -0.3 is 26.0 Å². The minimum Gasteiger partial charge on any atom is -0.389 e. The highest BCUT2D eigenvalue weighted by molar-refractivity contribution is 7.92. The zero-order chi connectivity index (χ0) is 40.5. The van der Waals surface area contributed by atoms with Gasteiger partial charge in [0.1, 0.15) is 6.04 Å². The molecule has 1 aliphatic rings. The molecule has 0 aliphatic carbocycles. The van der Waals surface area contributed by atoms with Gasteiger partial charge in [-0.3, -0.25) is 18.7 Å². The highest BCUT2D eigenvalue weighted by Gasteiger charge is 2.42. The van der Waals surface area contributed by atoms with Crippen molar-refractivity contribution in [3.63, 3.8) is 0 Å². The molecule has 296 valence electrons. The molecule has 0 aromatic heterocycles. The topological polar surface area (TPSA) is 148 Å². The van der Waals surface area contributed by atoms with Crippen LogP contribution in [0.2, 0.25) is 0 Å². The van der Waals surface area contributed by atoms with Gasteiger partial charge in [0.25, 0.3) is 11.8 Å². The maximum atomic E-state index is 14.5. The quantitative estimate of drug-likeness (QED) is 0.118. The number of carbonyl (C=O) groups excluding carboxylic acids is 3. The number of hydrogen-bond acceptors (Lipinski definition) is 7. The second kappa shape index (κ2) is 18.4. The standard InChI is InChI=1S/C45H49N5O6S/c1-31(35-22-14-7-15-23-35)47-43(52)36-26-37(28-38(27-36)49(2)57(3,55)56)44(53)48-40(25-33-18-10-5-11-19-33)42(51)41-45(54)50(30-34-20-12-6-13-21-34)39(29-46-41)24-32-16-8-4-9-17-32/h4-23,26-28,31,39-42,46,51H,24-25,29-30H2,1-3H3,(H,47,52)(H,48,53)/t31-,39+,40+,41+,42+/m1/s1. The van der Waals surface area contributed by atoms with Crippen molar-refractivity contribution >= 4 is 33.4 Å². The lowest BCUT2D eigenvalue weighted by Gasteiger charge is -2.43. The summed E-state index contributed by atoms with van der Waals surface area (Å²) in [7, 11) is -2.44. The smallest absolute Gasteiger partial charge is 0.251 e. The van der Waals surface area contributed by atoms with Crippen LogP contribution < -0.4 is 20.3 Å². The van der Waals surface area contributed by atoms with Crippen molar-refractivity contribution in [2.75, 3.05) is 24.2 Å². The van der Waals surface area contributed by atoms with Gasteiger partial charge in [-0.15, -0.1) is 0 Å². The van der Waals surface area contributed by atoms with Crippen LogP contribution in [-0.4, -0.2) is 80.2 Å². The Hall–Kier alpha value is -5.82. The Morgan fingerprint density at radius 1 is 0.789 bits per heavy atom. The molecule has 11 nitrogen and oxygen atoms in total. The predicted molar refractivity (Wildman–Crippen MR) is 222 cm³/mol. The van der Waals surface area contributed by atoms with Crippen molar-refractivity contribution in [1.82, 2.24) is 20.9 Å². The minimum atomic E-state index is -3.78. The third-order valence-electron chi connectivity index (χ3n) is 10.4. The van der Waals surface area contributed by atoms with E-state index in [0.29, 0.717) is 19.5 Å². The lowest BCUT2D eigenvalue weighted by molar-refractivity contribution is -0.143. The molecule has 1 aliphatic heterocycles. The molecule has 1 saturated heterocycles. The lowest BCUT2D eigenvalue weighted by Crippen LogP contribution is -2.67. The minimum absolute atomic E-state index is 0.00216. The first-order chi connectivity index (χ1) is 27.4. The Bertz CT molecular complexity index is 2240. The molecule has 5 atom stereocenters. The summed E-state index contributed by atoms with van der Waals surface area (Å²) in [5.41, 5.74) is 3.88. The maximum absolute atomic E-state index is 14.5. The Kier molecular flexibility index (Phi) is 13.2. The zero-order valence-corrected chi connectivity index (χ0v) is 33.1. The van der Waals surface area contributed by atoms with Gasteiger partial charge in [-0.05, 0) is 60.2 Å². The predicted octanol–water partition coefficient (Wildman–Crippen LogP) is 4.89. The third kappa shape index (κ3) is 10.5. The number of hydrogen-bond donors (Lipinski definition) is 4. The lowest BCUT2D eigenvalue weighted by atomic mass is 9.91. The molecule has 0 saturated carbocycles. The van der Waals surface area contributed by atoms with Crippen LogP contribution >= 0.6 is 0 Å². The highest BCUT2D eigenvalue weighted by Crippen LogP contribution is 2.24. The van der Waals surface area contributed by atoms with Crippen molar-refractivity contribution in [1.29, 1.82) is 0 Å². The Morgan fingerprint density at radius 2 is 1.30 bits per heavy atom. The Balaban J connectivity index is 1.30. The molecule has 0 bridgehead atoms. The molecule has 5 aromatic rings. The van der Waals surface area contributed by atoms with Crippen LogP contribution in [0.25, 0.3) is 0 Å². The van der Waals surface area contributed by atoms with E-state index in [2.05, 4.69) is 16.0 Å². The number of nitrogens with one attached hydrogen (secondary N) is 3. The summed E-state index contributed by atoms with van der Waals surface area (Å²) in [4.78, 5) is 44.2. The first-order valence-electron chi connectivity index (χ1n) is 19.0.